The number of rotatable bonds is 3. The smallest absolute Gasteiger partial charge is 0.191 e. The number of ether oxygens (including phenoxy) is 1. The van der Waals surface area contributed by atoms with Crippen molar-refractivity contribution >= 4 is 0 Å². The first-order chi connectivity index (χ1) is 6.93. The summed E-state index contributed by atoms with van der Waals surface area (Å²) < 4.78 is 44.3. The monoisotopic (exact) mass is 218 g/mol. The molecule has 0 spiro atoms. The molecule has 1 rings (SSSR count). The minimum Gasteiger partial charge on any atom is -0.487 e. The van der Waals surface area contributed by atoms with E-state index in [-0.39, 0.29) is 18.1 Å². The Morgan fingerprint density at radius 3 is 2.33 bits per heavy atom. The molecule has 0 N–H and O–H groups in total. The van der Waals surface area contributed by atoms with Gasteiger partial charge in [0.1, 0.15) is 5.82 Å². The maximum Gasteiger partial charge on any atom is 0.191 e. The van der Waals surface area contributed by atoms with Gasteiger partial charge in [-0.2, -0.15) is 0 Å². The van der Waals surface area contributed by atoms with Gasteiger partial charge in [-0.15, -0.1) is 0 Å². The normalized spacial score (nSPS) is 10.9. The van der Waals surface area contributed by atoms with Gasteiger partial charge in [0, 0.05) is 11.6 Å². The molecule has 0 saturated heterocycles. The second-order valence-corrected chi connectivity index (χ2v) is 3.81. The summed E-state index contributed by atoms with van der Waals surface area (Å²) in [6.07, 6.45) is 0. The van der Waals surface area contributed by atoms with Crippen LogP contribution in [0.15, 0.2) is 6.07 Å². The van der Waals surface area contributed by atoms with Crippen LogP contribution in [0.5, 0.6) is 5.75 Å². The SMILES string of the molecule is Cc1c(F)cc(F)c(OCC(C)C)c1F. The minimum absolute atomic E-state index is 0.147. The van der Waals surface area contributed by atoms with Crippen LogP contribution in [-0.4, -0.2) is 6.61 Å². The molecule has 0 atom stereocenters. The maximum absolute atomic E-state index is 13.4. The first-order valence-electron chi connectivity index (χ1n) is 4.70. The third-order valence-corrected chi connectivity index (χ3v) is 1.92. The van der Waals surface area contributed by atoms with E-state index >= 15 is 0 Å². The van der Waals surface area contributed by atoms with Gasteiger partial charge in [0.15, 0.2) is 17.4 Å². The Balaban J connectivity index is 3.02. The highest BCUT2D eigenvalue weighted by molar-refractivity contribution is 5.33. The third-order valence-electron chi connectivity index (χ3n) is 1.92. The average molecular weight is 218 g/mol. The Morgan fingerprint density at radius 2 is 1.80 bits per heavy atom. The van der Waals surface area contributed by atoms with E-state index < -0.39 is 23.2 Å². The van der Waals surface area contributed by atoms with Gasteiger partial charge in [-0.3, -0.25) is 0 Å². The lowest BCUT2D eigenvalue weighted by Gasteiger charge is -2.11. The molecule has 0 bridgehead atoms. The van der Waals surface area contributed by atoms with Crippen LogP contribution in [-0.2, 0) is 0 Å². The van der Waals surface area contributed by atoms with Crippen molar-refractivity contribution in [2.24, 2.45) is 5.92 Å². The molecule has 0 aliphatic carbocycles. The van der Waals surface area contributed by atoms with Gasteiger partial charge in [-0.05, 0) is 12.8 Å². The zero-order valence-corrected chi connectivity index (χ0v) is 8.90. The van der Waals surface area contributed by atoms with E-state index in [0.717, 1.165) is 0 Å². The standard InChI is InChI=1S/C11H13F3O/c1-6(2)5-15-11-9(13)4-8(12)7(3)10(11)14/h4,6H,5H2,1-3H3. The van der Waals surface area contributed by atoms with Gasteiger partial charge >= 0.3 is 0 Å². The molecule has 15 heavy (non-hydrogen) atoms. The van der Waals surface area contributed by atoms with E-state index in [1.54, 1.807) is 0 Å². The average Bonchev–Trinajstić information content (AvgIpc) is 2.14. The van der Waals surface area contributed by atoms with Crippen molar-refractivity contribution in [3.8, 4) is 5.75 Å². The molecule has 0 heterocycles. The first kappa shape index (κ1) is 11.9. The molecule has 0 aliphatic heterocycles. The minimum atomic E-state index is -1.00. The predicted molar refractivity (Wildman–Crippen MR) is 51.4 cm³/mol. The molecule has 4 heteroatoms. The second kappa shape index (κ2) is 4.55. The lowest BCUT2D eigenvalue weighted by atomic mass is 10.2. The molecule has 0 unspecified atom stereocenters. The van der Waals surface area contributed by atoms with E-state index in [4.69, 9.17) is 4.74 Å². The summed E-state index contributed by atoms with van der Waals surface area (Å²) in [6, 6.07) is 0.633. The van der Waals surface area contributed by atoms with E-state index in [9.17, 15) is 13.2 Å². The van der Waals surface area contributed by atoms with Crippen molar-refractivity contribution in [3.63, 3.8) is 0 Å². The van der Waals surface area contributed by atoms with Crippen molar-refractivity contribution in [3.05, 3.63) is 29.1 Å². The van der Waals surface area contributed by atoms with E-state index in [1.807, 2.05) is 13.8 Å². The van der Waals surface area contributed by atoms with Crippen molar-refractivity contribution in [2.75, 3.05) is 6.61 Å². The summed E-state index contributed by atoms with van der Waals surface area (Å²) in [6.45, 7) is 5.14. The lowest BCUT2D eigenvalue weighted by Crippen LogP contribution is -2.08. The van der Waals surface area contributed by atoms with Gasteiger partial charge in [-0.25, -0.2) is 13.2 Å². The fourth-order valence-corrected chi connectivity index (χ4v) is 1.05. The summed E-state index contributed by atoms with van der Waals surface area (Å²) in [5.41, 5.74) is -0.227. The molecule has 84 valence electrons. The van der Waals surface area contributed by atoms with Crippen molar-refractivity contribution in [1.82, 2.24) is 0 Å². The Hall–Kier alpha value is -1.19. The molecule has 0 aromatic heterocycles. The summed E-state index contributed by atoms with van der Waals surface area (Å²) in [5.74, 6) is -3.22. The number of benzene rings is 1. The topological polar surface area (TPSA) is 9.23 Å². The Morgan fingerprint density at radius 1 is 1.20 bits per heavy atom. The summed E-state index contributed by atoms with van der Waals surface area (Å²) in [7, 11) is 0. The van der Waals surface area contributed by atoms with Gasteiger partial charge in [0.25, 0.3) is 0 Å². The van der Waals surface area contributed by atoms with Crippen LogP contribution in [0.2, 0.25) is 0 Å². The van der Waals surface area contributed by atoms with Crippen LogP contribution >= 0.6 is 0 Å². The molecule has 0 radical (unpaired) electrons. The number of halogens is 3. The van der Waals surface area contributed by atoms with Crippen LogP contribution in [0.1, 0.15) is 19.4 Å². The van der Waals surface area contributed by atoms with Crippen LogP contribution in [0.4, 0.5) is 13.2 Å². The Bertz CT molecular complexity index is 361. The summed E-state index contributed by atoms with van der Waals surface area (Å²) in [5, 5.41) is 0. The molecular formula is C11H13F3O. The first-order valence-corrected chi connectivity index (χ1v) is 4.70. The van der Waals surface area contributed by atoms with E-state index in [2.05, 4.69) is 0 Å². The van der Waals surface area contributed by atoms with Crippen molar-refractivity contribution in [2.45, 2.75) is 20.8 Å². The highest BCUT2D eigenvalue weighted by Gasteiger charge is 2.17. The lowest BCUT2D eigenvalue weighted by molar-refractivity contribution is 0.245. The highest BCUT2D eigenvalue weighted by Crippen LogP contribution is 2.26. The van der Waals surface area contributed by atoms with Gasteiger partial charge in [0.05, 0.1) is 6.61 Å². The third kappa shape index (κ3) is 2.64. The molecular weight excluding hydrogens is 205 g/mol. The summed E-state index contributed by atoms with van der Waals surface area (Å²) >= 11 is 0. The molecule has 0 fully saturated rings. The second-order valence-electron chi connectivity index (χ2n) is 3.81. The van der Waals surface area contributed by atoms with Crippen molar-refractivity contribution < 1.29 is 17.9 Å². The van der Waals surface area contributed by atoms with Gasteiger partial charge in [0.2, 0.25) is 0 Å². The summed E-state index contributed by atoms with van der Waals surface area (Å²) in [4.78, 5) is 0. The molecule has 0 saturated carbocycles. The highest BCUT2D eigenvalue weighted by atomic mass is 19.1. The van der Waals surface area contributed by atoms with Crippen LogP contribution in [0.25, 0.3) is 0 Å². The van der Waals surface area contributed by atoms with Gasteiger partial charge < -0.3 is 4.74 Å². The van der Waals surface area contributed by atoms with Gasteiger partial charge in [-0.1, -0.05) is 13.8 Å². The van der Waals surface area contributed by atoms with E-state index in [0.29, 0.717) is 6.07 Å². The molecule has 1 aromatic rings. The number of hydrogen-bond acceptors (Lipinski definition) is 1. The Kier molecular flexibility index (Phi) is 3.61. The van der Waals surface area contributed by atoms with Crippen LogP contribution in [0, 0.1) is 30.3 Å². The maximum atomic E-state index is 13.4. The van der Waals surface area contributed by atoms with Crippen molar-refractivity contribution in [1.29, 1.82) is 0 Å². The zero-order valence-electron chi connectivity index (χ0n) is 8.90. The fourth-order valence-electron chi connectivity index (χ4n) is 1.05. The molecule has 0 amide bonds. The molecule has 1 aromatic carbocycles. The van der Waals surface area contributed by atoms with Crippen LogP contribution < -0.4 is 4.74 Å². The zero-order chi connectivity index (χ0) is 11.6. The fraction of sp³-hybridized carbons (Fsp3) is 0.455. The van der Waals surface area contributed by atoms with Crippen LogP contribution in [0.3, 0.4) is 0 Å². The quantitative estimate of drug-likeness (QED) is 0.755. The molecule has 1 nitrogen and oxygen atoms in total. The largest absolute Gasteiger partial charge is 0.487 e. The Labute approximate surface area is 86.9 Å². The predicted octanol–water partition coefficient (Wildman–Crippen LogP) is 3.45. The molecule has 0 aliphatic rings. The van der Waals surface area contributed by atoms with E-state index in [1.165, 1.54) is 6.92 Å². The number of hydrogen-bond donors (Lipinski definition) is 0.